The van der Waals surface area contributed by atoms with Gasteiger partial charge in [0.25, 0.3) is 11.8 Å². The zero-order valence-corrected chi connectivity index (χ0v) is 19.7. The molecule has 0 unspecified atom stereocenters. The van der Waals surface area contributed by atoms with Gasteiger partial charge < -0.3 is 19.3 Å². The summed E-state index contributed by atoms with van der Waals surface area (Å²) in [5.74, 6) is -0.381. The molecule has 0 spiro atoms. The highest BCUT2D eigenvalue weighted by Gasteiger charge is 2.32. The predicted octanol–water partition coefficient (Wildman–Crippen LogP) is 2.95. The molecule has 3 heterocycles. The van der Waals surface area contributed by atoms with Crippen LogP contribution in [0, 0.1) is 5.82 Å². The Hall–Kier alpha value is -3.50. The van der Waals surface area contributed by atoms with Gasteiger partial charge in [-0.25, -0.2) is 9.07 Å². The molecule has 0 bridgehead atoms. The number of piperazine rings is 1. The molecule has 2 aliphatic heterocycles. The molecule has 182 valence electrons. The third kappa shape index (κ3) is 4.59. The smallest absolute Gasteiger partial charge is 0.276 e. The molecule has 0 N–H and O–H groups in total. The van der Waals surface area contributed by atoms with Crippen molar-refractivity contribution < 1.29 is 23.5 Å². The van der Waals surface area contributed by atoms with Crippen molar-refractivity contribution in [3.05, 3.63) is 75.8 Å². The minimum atomic E-state index is -0.528. The van der Waals surface area contributed by atoms with Crippen molar-refractivity contribution in [1.29, 1.82) is 0 Å². The van der Waals surface area contributed by atoms with Crippen LogP contribution in [-0.2, 0) is 17.9 Å². The van der Waals surface area contributed by atoms with Crippen molar-refractivity contribution in [2.45, 2.75) is 19.3 Å². The topological polar surface area (TPSA) is 89.8 Å². The van der Waals surface area contributed by atoms with Crippen LogP contribution in [0.5, 0.6) is 5.75 Å². The second-order valence-electron chi connectivity index (χ2n) is 8.35. The molecule has 1 fully saturated rings. The molecule has 1 atom stereocenters. The second kappa shape index (κ2) is 9.63. The third-order valence-electron chi connectivity index (χ3n) is 6.30. The lowest BCUT2D eigenvalue weighted by molar-refractivity contribution is -0.00204. The maximum absolute atomic E-state index is 13.6. The van der Waals surface area contributed by atoms with Gasteiger partial charge in [-0.3, -0.25) is 9.59 Å². The maximum atomic E-state index is 13.6. The van der Waals surface area contributed by atoms with E-state index >= 15 is 0 Å². The van der Waals surface area contributed by atoms with Gasteiger partial charge in [-0.2, -0.15) is 0 Å². The lowest BCUT2D eigenvalue weighted by atomic mass is 10.1. The van der Waals surface area contributed by atoms with Crippen molar-refractivity contribution in [2.75, 3.05) is 33.3 Å². The van der Waals surface area contributed by atoms with Gasteiger partial charge in [0.2, 0.25) is 0 Å². The van der Waals surface area contributed by atoms with E-state index in [-0.39, 0.29) is 40.8 Å². The Kier molecular flexibility index (Phi) is 6.40. The van der Waals surface area contributed by atoms with E-state index in [9.17, 15) is 14.0 Å². The van der Waals surface area contributed by atoms with Gasteiger partial charge in [0.05, 0.1) is 36.5 Å². The molecule has 2 amide bonds. The summed E-state index contributed by atoms with van der Waals surface area (Å²) in [6, 6.07) is 11.3. The minimum absolute atomic E-state index is 0.113. The van der Waals surface area contributed by atoms with Crippen molar-refractivity contribution in [3.8, 4) is 5.75 Å². The van der Waals surface area contributed by atoms with Crippen molar-refractivity contribution >= 4 is 23.4 Å². The van der Waals surface area contributed by atoms with Gasteiger partial charge >= 0.3 is 0 Å². The monoisotopic (exact) mass is 499 g/mol. The first-order chi connectivity index (χ1) is 16.9. The van der Waals surface area contributed by atoms with E-state index in [0.29, 0.717) is 38.4 Å². The Labute approximate surface area is 206 Å². The molecule has 35 heavy (non-hydrogen) atoms. The van der Waals surface area contributed by atoms with Gasteiger partial charge in [-0.1, -0.05) is 28.9 Å². The van der Waals surface area contributed by atoms with E-state index in [1.165, 1.54) is 12.1 Å². The quantitative estimate of drug-likeness (QED) is 0.548. The Morgan fingerprint density at radius 2 is 1.74 bits per heavy atom. The summed E-state index contributed by atoms with van der Waals surface area (Å²) in [4.78, 5) is 29.1. The van der Waals surface area contributed by atoms with E-state index < -0.39 is 5.82 Å². The van der Waals surface area contributed by atoms with Crippen LogP contribution < -0.4 is 4.74 Å². The molecule has 3 aromatic rings. The number of hydrogen-bond acceptors (Lipinski definition) is 6. The van der Waals surface area contributed by atoms with Crippen LogP contribution in [-0.4, -0.2) is 69.9 Å². The summed E-state index contributed by atoms with van der Waals surface area (Å²) in [6.45, 7) is 1.89. The van der Waals surface area contributed by atoms with Crippen molar-refractivity contribution in [1.82, 2.24) is 24.8 Å². The number of rotatable bonds is 4. The largest absolute Gasteiger partial charge is 0.497 e. The van der Waals surface area contributed by atoms with Crippen LogP contribution >= 0.6 is 11.6 Å². The van der Waals surface area contributed by atoms with Crippen LogP contribution in [0.3, 0.4) is 0 Å². The number of halogens is 2. The fraction of sp³-hybridized carbons (Fsp3) is 0.333. The molecule has 0 radical (unpaired) electrons. The van der Waals surface area contributed by atoms with Gasteiger partial charge in [-0.15, -0.1) is 5.10 Å². The van der Waals surface area contributed by atoms with E-state index in [1.807, 2.05) is 24.3 Å². The zero-order valence-electron chi connectivity index (χ0n) is 19.0. The fourth-order valence-electron chi connectivity index (χ4n) is 4.29. The molecule has 9 nitrogen and oxygen atoms in total. The zero-order chi connectivity index (χ0) is 24.5. The Bertz CT molecular complexity index is 1260. The highest BCUT2D eigenvalue weighted by molar-refractivity contribution is 6.33. The van der Waals surface area contributed by atoms with Gasteiger partial charge in [0.15, 0.2) is 5.69 Å². The highest BCUT2D eigenvalue weighted by atomic mass is 35.5. The van der Waals surface area contributed by atoms with Crippen molar-refractivity contribution in [2.24, 2.45) is 0 Å². The number of aromatic nitrogens is 3. The van der Waals surface area contributed by atoms with E-state index in [4.69, 9.17) is 21.1 Å². The lowest BCUT2D eigenvalue weighted by Crippen LogP contribution is -2.51. The first-order valence-electron chi connectivity index (χ1n) is 11.2. The van der Waals surface area contributed by atoms with E-state index in [2.05, 4.69) is 10.3 Å². The van der Waals surface area contributed by atoms with E-state index in [1.54, 1.807) is 21.6 Å². The molecule has 2 aliphatic rings. The number of carbonyl (C=O) groups is 2. The van der Waals surface area contributed by atoms with Gasteiger partial charge in [-0.05, 0) is 35.9 Å². The molecule has 2 aromatic carbocycles. The first kappa shape index (κ1) is 23.3. The molecule has 0 saturated carbocycles. The number of methoxy groups -OCH3 is 1. The van der Waals surface area contributed by atoms with Crippen LogP contribution in [0.15, 0.2) is 42.5 Å². The number of hydrogen-bond donors (Lipinski definition) is 0. The van der Waals surface area contributed by atoms with Crippen LogP contribution in [0.25, 0.3) is 0 Å². The number of benzene rings is 2. The molecular formula is C24H23ClFN5O4. The lowest BCUT2D eigenvalue weighted by Gasteiger charge is -2.34. The fourth-order valence-corrected chi connectivity index (χ4v) is 4.49. The standard InChI is InChI=1S/C24H23ClFN5O4/c1-34-17-5-2-15(3-6-17)21-13-31-20(14-35-21)22(27-28-31)24(33)30-10-8-29(9-11-30)23(32)18-12-16(26)4-7-19(18)25/h2-7,12,21H,8-11,13-14H2,1H3/t21-/m1/s1. The minimum Gasteiger partial charge on any atom is -0.497 e. The molecule has 1 saturated heterocycles. The average Bonchev–Trinajstić information content (AvgIpc) is 3.32. The maximum Gasteiger partial charge on any atom is 0.276 e. The molecule has 0 aliphatic carbocycles. The summed E-state index contributed by atoms with van der Waals surface area (Å²) < 4.78 is 26.5. The number of ether oxygens (including phenoxy) is 2. The predicted molar refractivity (Wildman–Crippen MR) is 124 cm³/mol. The average molecular weight is 500 g/mol. The number of fused-ring (bicyclic) bond motifs is 1. The number of nitrogens with zero attached hydrogens (tertiary/aromatic N) is 5. The molecular weight excluding hydrogens is 477 g/mol. The number of amides is 2. The highest BCUT2D eigenvalue weighted by Crippen LogP contribution is 2.29. The Morgan fingerprint density at radius 3 is 2.43 bits per heavy atom. The molecule has 5 rings (SSSR count). The molecule has 11 heteroatoms. The Morgan fingerprint density at radius 1 is 1.06 bits per heavy atom. The molecule has 1 aromatic heterocycles. The third-order valence-corrected chi connectivity index (χ3v) is 6.63. The summed E-state index contributed by atoms with van der Waals surface area (Å²) in [5, 5.41) is 8.51. The second-order valence-corrected chi connectivity index (χ2v) is 8.76. The summed E-state index contributed by atoms with van der Waals surface area (Å²) in [6.07, 6.45) is -0.206. The Balaban J connectivity index is 1.23. The summed E-state index contributed by atoms with van der Waals surface area (Å²) in [7, 11) is 1.62. The van der Waals surface area contributed by atoms with Crippen LogP contribution in [0.2, 0.25) is 5.02 Å². The van der Waals surface area contributed by atoms with Gasteiger partial charge in [0, 0.05) is 26.2 Å². The van der Waals surface area contributed by atoms with Crippen LogP contribution in [0.1, 0.15) is 38.2 Å². The summed E-state index contributed by atoms with van der Waals surface area (Å²) in [5.41, 5.74) is 1.98. The van der Waals surface area contributed by atoms with E-state index in [0.717, 1.165) is 17.4 Å². The van der Waals surface area contributed by atoms with Gasteiger partial charge in [0.1, 0.15) is 17.7 Å². The first-order valence-corrected chi connectivity index (χ1v) is 11.5. The summed E-state index contributed by atoms with van der Waals surface area (Å²) >= 11 is 6.07. The van der Waals surface area contributed by atoms with Crippen LogP contribution in [0.4, 0.5) is 4.39 Å². The van der Waals surface area contributed by atoms with Crippen molar-refractivity contribution in [3.63, 3.8) is 0 Å². The SMILES string of the molecule is COc1ccc([C@H]2Cn3nnc(C(=O)N4CCN(C(=O)c5cc(F)ccc5Cl)CC4)c3CO2)cc1. The number of carbonyl (C=O) groups excluding carboxylic acids is 2. The normalized spacial score (nSPS) is 17.7.